The minimum Gasteiger partial charge on any atom is -0.562 e. The average molecular weight is 252 g/mol. The number of ether oxygens (including phenoxy) is 1. The van der Waals surface area contributed by atoms with Crippen molar-refractivity contribution in [3.05, 3.63) is 28.7 Å². The molecule has 0 aromatic rings. The van der Waals surface area contributed by atoms with E-state index in [1.807, 2.05) is 0 Å². The minimum atomic E-state index is -4.09. The largest absolute Gasteiger partial charge is 1.00 e. The van der Waals surface area contributed by atoms with Crippen LogP contribution < -0.4 is 34.9 Å². The van der Waals surface area contributed by atoms with Crippen molar-refractivity contribution in [1.82, 2.24) is 5.32 Å². The van der Waals surface area contributed by atoms with Crippen LogP contribution in [0.2, 0.25) is 0 Å². The second kappa shape index (κ2) is 4.50. The van der Waals surface area contributed by atoms with Crippen molar-refractivity contribution >= 4 is 16.0 Å². The summed E-state index contributed by atoms with van der Waals surface area (Å²) in [5.41, 5.74) is 1.09. The molecule has 0 radical (unpaired) electrons. The third-order valence-electron chi connectivity index (χ3n) is 2.31. The van der Waals surface area contributed by atoms with E-state index in [0.29, 0.717) is 11.3 Å². The maximum Gasteiger partial charge on any atom is 1.00 e. The van der Waals surface area contributed by atoms with Crippen LogP contribution in [0.15, 0.2) is 23.6 Å². The van der Waals surface area contributed by atoms with E-state index in [-0.39, 0.29) is 29.6 Å². The van der Waals surface area contributed by atoms with Crippen molar-refractivity contribution in [2.24, 2.45) is 5.92 Å². The van der Waals surface area contributed by atoms with E-state index >= 15 is 0 Å². The van der Waals surface area contributed by atoms with Gasteiger partial charge in [0, 0.05) is 11.3 Å². The molecule has 0 amide bonds. The van der Waals surface area contributed by atoms with Crippen molar-refractivity contribution in [2.75, 3.05) is 0 Å². The van der Waals surface area contributed by atoms with Gasteiger partial charge in [-0.15, -0.1) is 0 Å². The van der Waals surface area contributed by atoms with Crippen molar-refractivity contribution in [3.8, 4) is 0 Å². The molecule has 0 spiro atoms. The number of hydrogen-bond acceptors (Lipinski definition) is 5. The molecular weight excluding hydrogens is 243 g/mol. The molecule has 2 unspecified atom stereocenters. The Kier molecular flexibility index (Phi) is 3.86. The Morgan fingerprint density at radius 2 is 2.12 bits per heavy atom. The monoisotopic (exact) mass is 252 g/mol. The third-order valence-corrected chi connectivity index (χ3v) is 3.37. The maximum absolute atomic E-state index is 11.3. The maximum atomic E-state index is 11.3. The fraction of sp³-hybridized carbons (Fsp3) is 0.375. The molecule has 2 atom stereocenters. The van der Waals surface area contributed by atoms with Gasteiger partial charge in [0.2, 0.25) is 0 Å². The van der Waals surface area contributed by atoms with Gasteiger partial charge in [0.25, 0.3) is 0 Å². The van der Waals surface area contributed by atoms with Crippen molar-refractivity contribution in [1.29, 1.82) is 0 Å². The van der Waals surface area contributed by atoms with Crippen LogP contribution in [0.25, 0.3) is 5.14 Å². The molecule has 2 aliphatic heterocycles. The van der Waals surface area contributed by atoms with Gasteiger partial charge in [-0.05, 0) is 13.0 Å². The van der Waals surface area contributed by atoms with Gasteiger partial charge < -0.3 is 15.2 Å². The summed E-state index contributed by atoms with van der Waals surface area (Å²) in [5.74, 6) is -1.56. The summed E-state index contributed by atoms with van der Waals surface area (Å²) in [5, 5.41) is 8.36. The van der Waals surface area contributed by atoms with Crippen LogP contribution in [0.4, 0.5) is 0 Å². The number of fused-ring (bicyclic) bond motifs is 1. The summed E-state index contributed by atoms with van der Waals surface area (Å²) in [6.07, 6.45) is 2.87. The van der Waals surface area contributed by atoms with E-state index in [2.05, 4.69) is 10.1 Å². The molecule has 16 heavy (non-hydrogen) atoms. The van der Waals surface area contributed by atoms with E-state index < -0.39 is 27.3 Å². The molecule has 0 bridgehead atoms. The van der Waals surface area contributed by atoms with Gasteiger partial charge in [0.1, 0.15) is 11.3 Å². The number of esters is 1. The Bertz CT molecular complexity index is 482. The van der Waals surface area contributed by atoms with Crippen LogP contribution >= 0.6 is 0 Å². The molecule has 0 fully saturated rings. The van der Waals surface area contributed by atoms with E-state index in [9.17, 15) is 13.2 Å². The fourth-order valence-electron chi connectivity index (χ4n) is 1.69. The number of nitrogens with one attached hydrogen (secondary N) is 2. The molecule has 2 rings (SSSR count). The van der Waals surface area contributed by atoms with E-state index in [4.69, 9.17) is 5.14 Å². The van der Waals surface area contributed by atoms with E-state index in [1.165, 1.54) is 6.26 Å². The number of sulfonamides is 1. The Labute approximate surface area is 115 Å². The molecule has 0 aromatic carbocycles. The van der Waals surface area contributed by atoms with E-state index in [1.54, 1.807) is 13.0 Å². The molecule has 6 nitrogen and oxygen atoms in total. The SMILES string of the molecule is CC1=CC2=COC(=O)C2C(S([NH-])(=O)=O)N1.[Na+]. The van der Waals surface area contributed by atoms with Gasteiger partial charge in [-0.2, -0.15) is 0 Å². The Hall–Kier alpha value is -0.340. The van der Waals surface area contributed by atoms with Gasteiger partial charge in [-0.25, -0.2) is 8.42 Å². The minimum absolute atomic E-state index is 0. The predicted octanol–water partition coefficient (Wildman–Crippen LogP) is -2.74. The Morgan fingerprint density at radius 3 is 2.69 bits per heavy atom. The summed E-state index contributed by atoms with van der Waals surface area (Å²) < 4.78 is 27.0. The van der Waals surface area contributed by atoms with Crippen LogP contribution in [-0.2, 0) is 19.6 Å². The molecule has 0 aromatic heterocycles. The van der Waals surface area contributed by atoms with Crippen LogP contribution in [0.1, 0.15) is 6.92 Å². The van der Waals surface area contributed by atoms with Gasteiger partial charge in [-0.1, -0.05) is 0 Å². The molecule has 2 aliphatic rings. The number of carbonyl (C=O) groups excluding carboxylic acids is 1. The summed E-state index contributed by atoms with van der Waals surface area (Å²) in [6.45, 7) is 1.66. The average Bonchev–Trinajstić information content (AvgIpc) is 2.44. The first-order chi connectivity index (χ1) is 6.89. The number of hydrogen-bond donors (Lipinski definition) is 1. The molecule has 0 aliphatic carbocycles. The molecule has 2 heterocycles. The number of rotatable bonds is 1. The quantitative estimate of drug-likeness (QED) is 0.403. The Morgan fingerprint density at radius 1 is 1.50 bits per heavy atom. The van der Waals surface area contributed by atoms with Crippen LogP contribution in [-0.4, -0.2) is 19.8 Å². The smallest absolute Gasteiger partial charge is 0.562 e. The molecular formula is C8H9N2NaO4S. The first kappa shape index (κ1) is 13.7. The summed E-state index contributed by atoms with van der Waals surface area (Å²) in [4.78, 5) is 11.3. The first-order valence-corrected chi connectivity index (χ1v) is 5.78. The summed E-state index contributed by atoms with van der Waals surface area (Å²) in [6, 6.07) is 0. The number of cyclic esters (lactones) is 1. The van der Waals surface area contributed by atoms with Crippen molar-refractivity contribution in [2.45, 2.75) is 12.3 Å². The summed E-state index contributed by atoms with van der Waals surface area (Å²) >= 11 is 0. The first-order valence-electron chi connectivity index (χ1n) is 4.23. The topological polar surface area (TPSA) is 96.3 Å². The van der Waals surface area contributed by atoms with E-state index in [0.717, 1.165) is 0 Å². The zero-order valence-corrected chi connectivity index (χ0v) is 11.7. The van der Waals surface area contributed by atoms with Gasteiger partial charge in [0.05, 0.1) is 16.3 Å². The van der Waals surface area contributed by atoms with Crippen LogP contribution in [0, 0.1) is 5.92 Å². The molecule has 0 saturated heterocycles. The van der Waals surface area contributed by atoms with Crippen molar-refractivity contribution < 1.29 is 47.5 Å². The zero-order chi connectivity index (χ0) is 11.2. The van der Waals surface area contributed by atoms with Crippen molar-refractivity contribution in [3.63, 3.8) is 0 Å². The molecule has 8 heteroatoms. The number of carbonyl (C=O) groups is 1. The normalized spacial score (nSPS) is 28.0. The molecule has 0 saturated carbocycles. The standard InChI is InChI=1S/C8H9N2O4S.Na/c1-4-2-5-3-14-8(11)6(5)7(10-4)15(9,12)13;/h2-3,6-7,10H,1H3,(H-,9,12,13);/q-1;+1. The third kappa shape index (κ3) is 2.33. The zero-order valence-electron chi connectivity index (χ0n) is 8.85. The Balaban J connectivity index is 0.00000128. The second-order valence-corrected chi connectivity index (χ2v) is 5.07. The van der Waals surface area contributed by atoms with Gasteiger partial charge in [0.15, 0.2) is 0 Å². The number of allylic oxidation sites excluding steroid dienone is 2. The molecule has 2 N–H and O–H groups in total. The van der Waals surface area contributed by atoms with Gasteiger partial charge in [-0.3, -0.25) is 4.79 Å². The molecule has 82 valence electrons. The second-order valence-electron chi connectivity index (χ2n) is 3.47. The predicted molar refractivity (Wildman–Crippen MR) is 51.6 cm³/mol. The summed E-state index contributed by atoms with van der Waals surface area (Å²) in [7, 11) is -4.09. The van der Waals surface area contributed by atoms with Crippen LogP contribution in [0.5, 0.6) is 0 Å². The fourth-order valence-corrected chi connectivity index (χ4v) is 2.65. The van der Waals surface area contributed by atoms with Crippen LogP contribution in [0.3, 0.4) is 0 Å². The van der Waals surface area contributed by atoms with Gasteiger partial charge >= 0.3 is 35.5 Å².